The molecule has 22 heavy (non-hydrogen) atoms. The number of rotatable bonds is 0. The molecule has 0 saturated carbocycles. The van der Waals surface area contributed by atoms with Crippen molar-refractivity contribution in [2.75, 3.05) is 33.2 Å². The van der Waals surface area contributed by atoms with Gasteiger partial charge in [0.2, 0.25) is 0 Å². The number of hydrazine groups is 1. The molecule has 0 bridgehead atoms. The highest BCUT2D eigenvalue weighted by Gasteiger charge is 2.37. The third-order valence-corrected chi connectivity index (χ3v) is 3.36. The Morgan fingerprint density at radius 3 is 1.36 bits per heavy atom. The van der Waals surface area contributed by atoms with Crippen molar-refractivity contribution in [3.8, 4) is 11.8 Å². The predicted molar refractivity (Wildman–Crippen MR) is 100 cm³/mol. The lowest BCUT2D eigenvalue weighted by molar-refractivity contribution is 0.285. The molecule has 3 nitrogen and oxygen atoms in total. The average Bonchev–Trinajstić information content (AvgIpc) is 2.97. The summed E-state index contributed by atoms with van der Waals surface area (Å²) in [6, 6.07) is 0. The fraction of sp³-hybridized carbons (Fsp3) is 0.895. The van der Waals surface area contributed by atoms with Crippen LogP contribution in [0.3, 0.4) is 0 Å². The molecule has 0 aliphatic carbocycles. The molecular formula is C19H41N3. The summed E-state index contributed by atoms with van der Waals surface area (Å²) in [6.07, 6.45) is 0. The monoisotopic (exact) mass is 311 g/mol. The molecule has 2 unspecified atom stereocenters. The van der Waals surface area contributed by atoms with Gasteiger partial charge in [-0.2, -0.15) is 0 Å². The van der Waals surface area contributed by atoms with Crippen molar-refractivity contribution in [3.63, 3.8) is 0 Å². The van der Waals surface area contributed by atoms with E-state index in [2.05, 4.69) is 51.5 Å². The third-order valence-electron chi connectivity index (χ3n) is 3.36. The molecule has 2 atom stereocenters. The minimum absolute atomic E-state index is 0.525. The molecule has 0 spiro atoms. The Morgan fingerprint density at radius 2 is 1.09 bits per heavy atom. The Hall–Kier alpha value is -0.560. The summed E-state index contributed by atoms with van der Waals surface area (Å²) in [5.74, 6) is 14.6. The highest BCUT2D eigenvalue weighted by Crippen LogP contribution is 2.27. The largest absolute Gasteiger partial charge is 0.306 e. The molecule has 2 N–H and O–H groups in total. The summed E-state index contributed by atoms with van der Waals surface area (Å²) in [6.45, 7) is 21.1. The van der Waals surface area contributed by atoms with Crippen LogP contribution in [0.25, 0.3) is 0 Å². The molecule has 0 aromatic heterocycles. The first kappa shape index (κ1) is 23.7. The summed E-state index contributed by atoms with van der Waals surface area (Å²) < 4.78 is 0. The van der Waals surface area contributed by atoms with E-state index in [0.29, 0.717) is 11.8 Å². The molecule has 2 saturated heterocycles. The van der Waals surface area contributed by atoms with Gasteiger partial charge in [-0.3, -0.25) is 5.84 Å². The molecule has 0 radical (unpaired) electrons. The van der Waals surface area contributed by atoms with Crippen LogP contribution in [0, 0.1) is 35.5 Å². The molecule has 2 fully saturated rings. The minimum Gasteiger partial charge on any atom is -0.306 e. The van der Waals surface area contributed by atoms with E-state index in [4.69, 9.17) is 5.84 Å². The van der Waals surface area contributed by atoms with E-state index < -0.39 is 0 Å². The van der Waals surface area contributed by atoms with Crippen LogP contribution in [0.4, 0.5) is 0 Å². The normalized spacial score (nSPS) is 23.3. The van der Waals surface area contributed by atoms with Gasteiger partial charge in [0.15, 0.2) is 0 Å². The van der Waals surface area contributed by atoms with Gasteiger partial charge in [0, 0.05) is 38.0 Å². The van der Waals surface area contributed by atoms with Gasteiger partial charge in [0.1, 0.15) is 0 Å². The average molecular weight is 312 g/mol. The Morgan fingerprint density at radius 1 is 0.773 bits per heavy atom. The zero-order valence-corrected chi connectivity index (χ0v) is 16.6. The summed E-state index contributed by atoms with van der Waals surface area (Å²) in [7, 11) is 2.19. The van der Waals surface area contributed by atoms with Gasteiger partial charge in [-0.15, -0.1) is 11.8 Å². The highest BCUT2D eigenvalue weighted by molar-refractivity contribution is 5.03. The van der Waals surface area contributed by atoms with Crippen molar-refractivity contribution in [1.29, 1.82) is 0 Å². The minimum atomic E-state index is 0.525. The fourth-order valence-electron chi connectivity index (χ4n) is 2.60. The fourth-order valence-corrected chi connectivity index (χ4v) is 2.60. The van der Waals surface area contributed by atoms with E-state index in [1.807, 2.05) is 32.7 Å². The number of likely N-dealkylation sites (tertiary alicyclic amines) is 1. The number of fused-ring (bicyclic) bond motifs is 1. The van der Waals surface area contributed by atoms with Crippen LogP contribution in [-0.2, 0) is 0 Å². The highest BCUT2D eigenvalue weighted by atomic mass is 15.4. The standard InChI is InChI=1S/C8H14.C7H15N3.2C2H6/c1-7(2)5-6-8(3)4;1-9-2-6-4-10(8)5-7(6)3-9;2*1-2/h7-8H,1-4H3;6-7H,2-5,8H2,1H3;2*1-2H3. The van der Waals surface area contributed by atoms with Gasteiger partial charge in [0.25, 0.3) is 0 Å². The van der Waals surface area contributed by atoms with E-state index in [1.54, 1.807) is 0 Å². The van der Waals surface area contributed by atoms with Gasteiger partial charge < -0.3 is 4.90 Å². The Bertz CT molecular complexity index is 262. The first-order valence-corrected chi connectivity index (χ1v) is 9.07. The van der Waals surface area contributed by atoms with Crippen LogP contribution in [0.1, 0.15) is 55.4 Å². The molecule has 0 aromatic rings. The van der Waals surface area contributed by atoms with Gasteiger partial charge in [-0.25, -0.2) is 5.01 Å². The lowest BCUT2D eigenvalue weighted by atomic mass is 10.0. The maximum Gasteiger partial charge on any atom is 0.0172 e. The van der Waals surface area contributed by atoms with Crippen molar-refractivity contribution in [1.82, 2.24) is 9.91 Å². The van der Waals surface area contributed by atoms with Crippen LogP contribution < -0.4 is 5.84 Å². The van der Waals surface area contributed by atoms with E-state index in [0.717, 1.165) is 24.9 Å². The number of nitrogens with zero attached hydrogens (tertiary/aromatic N) is 2. The smallest absolute Gasteiger partial charge is 0.0172 e. The first-order chi connectivity index (χ1) is 10.4. The molecule has 2 heterocycles. The van der Waals surface area contributed by atoms with Crippen LogP contribution in [-0.4, -0.2) is 43.1 Å². The number of nitrogens with two attached hydrogens (primary N) is 1. The van der Waals surface area contributed by atoms with Gasteiger partial charge >= 0.3 is 0 Å². The van der Waals surface area contributed by atoms with Gasteiger partial charge in [-0.1, -0.05) is 55.4 Å². The Labute approximate surface area is 140 Å². The second-order valence-electron chi connectivity index (χ2n) is 6.29. The summed E-state index contributed by atoms with van der Waals surface area (Å²) in [5, 5.41) is 1.96. The summed E-state index contributed by atoms with van der Waals surface area (Å²) in [5.41, 5.74) is 0. The SMILES string of the molecule is CC.CC.CC(C)C#CC(C)C.CN1CC2CN(N)CC2C1. The van der Waals surface area contributed by atoms with Gasteiger partial charge in [-0.05, 0) is 18.9 Å². The van der Waals surface area contributed by atoms with E-state index in [-0.39, 0.29) is 0 Å². The lowest BCUT2D eigenvalue weighted by Gasteiger charge is -2.12. The molecule has 2 aliphatic heterocycles. The summed E-state index contributed by atoms with van der Waals surface area (Å²) >= 11 is 0. The molecule has 0 aromatic carbocycles. The molecule has 132 valence electrons. The first-order valence-electron chi connectivity index (χ1n) is 9.07. The molecule has 3 heteroatoms. The van der Waals surface area contributed by atoms with E-state index >= 15 is 0 Å². The van der Waals surface area contributed by atoms with Crippen LogP contribution in [0.5, 0.6) is 0 Å². The van der Waals surface area contributed by atoms with Crippen molar-refractivity contribution in [2.45, 2.75) is 55.4 Å². The number of hydrogen-bond donors (Lipinski definition) is 1. The second kappa shape index (κ2) is 14.1. The van der Waals surface area contributed by atoms with Crippen LogP contribution in [0.2, 0.25) is 0 Å². The Balaban J connectivity index is 0. The zero-order chi connectivity index (χ0) is 17.7. The number of hydrogen-bond acceptors (Lipinski definition) is 3. The Kier molecular flexibility index (Phi) is 15.1. The lowest BCUT2D eigenvalue weighted by Crippen LogP contribution is -2.32. The topological polar surface area (TPSA) is 32.5 Å². The van der Waals surface area contributed by atoms with Crippen molar-refractivity contribution < 1.29 is 0 Å². The third kappa shape index (κ3) is 11.1. The van der Waals surface area contributed by atoms with Crippen LogP contribution >= 0.6 is 0 Å². The molecular weight excluding hydrogens is 270 g/mol. The molecule has 2 aliphatic rings. The zero-order valence-electron chi connectivity index (χ0n) is 16.6. The maximum atomic E-state index is 5.69. The molecule has 0 amide bonds. The van der Waals surface area contributed by atoms with Crippen LogP contribution in [0.15, 0.2) is 0 Å². The summed E-state index contributed by atoms with van der Waals surface area (Å²) in [4.78, 5) is 2.41. The van der Waals surface area contributed by atoms with E-state index in [1.165, 1.54) is 13.1 Å². The van der Waals surface area contributed by atoms with E-state index in [9.17, 15) is 0 Å². The van der Waals surface area contributed by atoms with Crippen molar-refractivity contribution >= 4 is 0 Å². The second-order valence-corrected chi connectivity index (χ2v) is 6.29. The maximum absolute atomic E-state index is 5.69. The van der Waals surface area contributed by atoms with Crippen molar-refractivity contribution in [3.05, 3.63) is 0 Å². The van der Waals surface area contributed by atoms with Gasteiger partial charge in [0.05, 0.1) is 0 Å². The quantitative estimate of drug-likeness (QED) is 0.547. The molecule has 2 rings (SSSR count). The van der Waals surface area contributed by atoms with Crippen molar-refractivity contribution in [2.24, 2.45) is 29.5 Å². The predicted octanol–water partition coefficient (Wildman–Crippen LogP) is 3.71.